The molecule has 4 aliphatic carbocycles. The minimum Gasteiger partial charge on any atom is -0.383 e. The molecule has 1 aromatic heterocycles. The molecule has 4 heteroatoms. The van der Waals surface area contributed by atoms with Crippen LogP contribution in [0.4, 0.5) is 11.4 Å². The highest BCUT2D eigenvalue weighted by Crippen LogP contribution is 2.60. The number of aromatic nitrogens is 1. The lowest BCUT2D eigenvalue weighted by Gasteiger charge is -2.57. The molecule has 0 atom stereocenters. The summed E-state index contributed by atoms with van der Waals surface area (Å²) in [6.45, 7) is 1.04. The van der Waals surface area contributed by atoms with Crippen molar-refractivity contribution >= 4 is 22.3 Å². The van der Waals surface area contributed by atoms with Crippen molar-refractivity contribution in [3.8, 4) is 0 Å². The molecule has 0 saturated heterocycles. The summed E-state index contributed by atoms with van der Waals surface area (Å²) in [5.41, 5.74) is 2.85. The Balaban J connectivity index is 1.43. The molecule has 0 aliphatic heterocycles. The molecule has 1 heterocycles. The monoisotopic (exact) mass is 321 g/mol. The van der Waals surface area contributed by atoms with Gasteiger partial charge in [-0.05, 0) is 91.1 Å². The van der Waals surface area contributed by atoms with Crippen molar-refractivity contribution in [1.29, 1.82) is 0 Å². The van der Waals surface area contributed by atoms with Crippen molar-refractivity contribution in [2.75, 3.05) is 11.9 Å². The second kappa shape index (κ2) is 5.27. The second-order valence-electron chi connectivity index (χ2n) is 8.39. The number of nitrogens with zero attached hydrogens (tertiary/aromatic N) is 2. The van der Waals surface area contributed by atoms with E-state index >= 15 is 0 Å². The molecular weight excluding hydrogens is 298 g/mol. The van der Waals surface area contributed by atoms with E-state index in [9.17, 15) is 4.91 Å². The third-order valence-electron chi connectivity index (χ3n) is 6.66. The van der Waals surface area contributed by atoms with Gasteiger partial charge in [-0.3, -0.25) is 4.98 Å². The van der Waals surface area contributed by atoms with Crippen molar-refractivity contribution < 1.29 is 0 Å². The van der Waals surface area contributed by atoms with Gasteiger partial charge in [0.2, 0.25) is 0 Å². The van der Waals surface area contributed by atoms with Gasteiger partial charge in [-0.25, -0.2) is 0 Å². The maximum absolute atomic E-state index is 11.0. The fourth-order valence-electron chi connectivity index (χ4n) is 6.17. The lowest BCUT2D eigenvalue weighted by Crippen LogP contribution is -2.49. The zero-order chi connectivity index (χ0) is 16.1. The van der Waals surface area contributed by atoms with E-state index in [1.807, 2.05) is 18.2 Å². The largest absolute Gasteiger partial charge is 0.383 e. The Morgan fingerprint density at radius 3 is 2.46 bits per heavy atom. The molecule has 4 fully saturated rings. The van der Waals surface area contributed by atoms with Crippen LogP contribution in [0.1, 0.15) is 38.5 Å². The maximum Gasteiger partial charge on any atom is 0.117 e. The molecule has 0 amide bonds. The molecule has 1 aromatic carbocycles. The van der Waals surface area contributed by atoms with E-state index in [4.69, 9.17) is 0 Å². The standard InChI is InChI=1S/C20H23N3O/c24-23-17-3-4-18(19-16(17)2-1-5-21-19)22-12-20-9-13-6-14(10-20)8-15(7-13)11-20/h1-5,13-15,22H,6-12H2. The normalized spacial score (nSPS) is 33.8. The highest BCUT2D eigenvalue weighted by molar-refractivity contribution is 5.97. The first-order valence-electron chi connectivity index (χ1n) is 9.20. The van der Waals surface area contributed by atoms with E-state index in [1.165, 1.54) is 38.5 Å². The number of hydrogen-bond donors (Lipinski definition) is 1. The molecule has 24 heavy (non-hydrogen) atoms. The zero-order valence-corrected chi connectivity index (χ0v) is 13.9. The van der Waals surface area contributed by atoms with Crippen LogP contribution in [0.3, 0.4) is 0 Å². The molecule has 4 bridgehead atoms. The Kier molecular flexibility index (Phi) is 3.15. The van der Waals surface area contributed by atoms with Crippen LogP contribution >= 0.6 is 0 Å². The van der Waals surface area contributed by atoms with Gasteiger partial charge in [0.15, 0.2) is 0 Å². The Morgan fingerprint density at radius 2 is 1.79 bits per heavy atom. The van der Waals surface area contributed by atoms with Crippen LogP contribution in [0.5, 0.6) is 0 Å². The van der Waals surface area contributed by atoms with Crippen LogP contribution in [0, 0.1) is 28.1 Å². The summed E-state index contributed by atoms with van der Waals surface area (Å²) in [4.78, 5) is 15.5. The molecule has 6 rings (SSSR count). The number of anilines is 1. The molecule has 2 aromatic rings. The molecular formula is C20H23N3O. The number of fused-ring (bicyclic) bond motifs is 1. The minimum absolute atomic E-state index is 0.471. The van der Waals surface area contributed by atoms with Gasteiger partial charge in [-0.1, -0.05) is 0 Å². The van der Waals surface area contributed by atoms with E-state index in [1.54, 1.807) is 12.3 Å². The molecule has 4 saturated carbocycles. The van der Waals surface area contributed by atoms with Crippen LogP contribution in [0.2, 0.25) is 0 Å². The van der Waals surface area contributed by atoms with Gasteiger partial charge in [0.25, 0.3) is 0 Å². The maximum atomic E-state index is 11.0. The van der Waals surface area contributed by atoms with Crippen LogP contribution in [0.15, 0.2) is 35.6 Å². The van der Waals surface area contributed by atoms with Crippen LogP contribution in [0.25, 0.3) is 10.9 Å². The number of rotatable bonds is 4. The van der Waals surface area contributed by atoms with Gasteiger partial charge in [0.05, 0.1) is 11.2 Å². The van der Waals surface area contributed by atoms with E-state index < -0.39 is 0 Å². The van der Waals surface area contributed by atoms with E-state index in [0.29, 0.717) is 11.1 Å². The summed E-state index contributed by atoms with van der Waals surface area (Å²) in [5.74, 6) is 2.90. The Morgan fingerprint density at radius 1 is 1.08 bits per heavy atom. The predicted molar refractivity (Wildman–Crippen MR) is 96.3 cm³/mol. The van der Waals surface area contributed by atoms with Crippen LogP contribution in [-0.4, -0.2) is 11.5 Å². The molecule has 4 nitrogen and oxygen atoms in total. The molecule has 0 unspecified atom stereocenters. The van der Waals surface area contributed by atoms with Crippen molar-refractivity contribution in [2.45, 2.75) is 38.5 Å². The van der Waals surface area contributed by atoms with Crippen molar-refractivity contribution in [3.63, 3.8) is 0 Å². The van der Waals surface area contributed by atoms with Gasteiger partial charge >= 0.3 is 0 Å². The highest BCUT2D eigenvalue weighted by atomic mass is 16.3. The third kappa shape index (κ3) is 2.23. The number of nitrogens with one attached hydrogen (secondary N) is 1. The number of hydrogen-bond acceptors (Lipinski definition) is 4. The van der Waals surface area contributed by atoms with Gasteiger partial charge in [0, 0.05) is 18.1 Å². The lowest BCUT2D eigenvalue weighted by atomic mass is 9.49. The Hall–Kier alpha value is -1.97. The molecule has 124 valence electrons. The summed E-state index contributed by atoms with van der Waals surface area (Å²) < 4.78 is 0. The van der Waals surface area contributed by atoms with E-state index in [0.717, 1.165) is 40.9 Å². The average Bonchev–Trinajstić information content (AvgIpc) is 2.58. The number of nitroso groups, excluding NO2 is 1. The SMILES string of the molecule is O=Nc1ccc(NCC23CC4CC(CC(C4)C2)C3)c2ncccc12. The topological polar surface area (TPSA) is 54.4 Å². The lowest BCUT2D eigenvalue weighted by molar-refractivity contribution is -0.0444. The van der Waals surface area contributed by atoms with Gasteiger partial charge < -0.3 is 5.32 Å². The van der Waals surface area contributed by atoms with Gasteiger partial charge in [-0.15, -0.1) is 4.91 Å². The summed E-state index contributed by atoms with van der Waals surface area (Å²) in [6.07, 6.45) is 10.4. The Labute approximate surface area is 142 Å². The first-order valence-corrected chi connectivity index (χ1v) is 9.20. The minimum atomic E-state index is 0.471. The fourth-order valence-corrected chi connectivity index (χ4v) is 6.17. The summed E-state index contributed by atoms with van der Waals surface area (Å²) >= 11 is 0. The van der Waals surface area contributed by atoms with Crippen molar-refractivity contribution in [3.05, 3.63) is 35.4 Å². The van der Waals surface area contributed by atoms with Gasteiger partial charge in [0.1, 0.15) is 5.69 Å². The fraction of sp³-hybridized carbons (Fsp3) is 0.550. The quantitative estimate of drug-likeness (QED) is 0.781. The Bertz CT molecular complexity index is 765. The third-order valence-corrected chi connectivity index (χ3v) is 6.66. The average molecular weight is 321 g/mol. The number of benzene rings is 1. The molecule has 0 radical (unpaired) electrons. The summed E-state index contributed by atoms with van der Waals surface area (Å²) in [5, 5.41) is 7.66. The number of pyridine rings is 1. The summed E-state index contributed by atoms with van der Waals surface area (Å²) in [7, 11) is 0. The smallest absolute Gasteiger partial charge is 0.117 e. The first-order chi connectivity index (χ1) is 11.7. The van der Waals surface area contributed by atoms with Crippen LogP contribution < -0.4 is 5.32 Å². The highest BCUT2D eigenvalue weighted by Gasteiger charge is 2.50. The van der Waals surface area contributed by atoms with Crippen LogP contribution in [-0.2, 0) is 0 Å². The van der Waals surface area contributed by atoms with Crippen molar-refractivity contribution in [1.82, 2.24) is 4.98 Å². The molecule has 4 aliphatic rings. The second-order valence-corrected chi connectivity index (χ2v) is 8.39. The van der Waals surface area contributed by atoms with E-state index in [-0.39, 0.29) is 0 Å². The van der Waals surface area contributed by atoms with E-state index in [2.05, 4.69) is 15.5 Å². The molecule has 0 spiro atoms. The molecule has 1 N–H and O–H groups in total. The van der Waals surface area contributed by atoms with Gasteiger partial charge in [-0.2, -0.15) is 0 Å². The summed E-state index contributed by atoms with van der Waals surface area (Å²) in [6, 6.07) is 7.56. The first kappa shape index (κ1) is 14.4. The zero-order valence-electron chi connectivity index (χ0n) is 13.9. The predicted octanol–water partition coefficient (Wildman–Crippen LogP) is 5.26. The van der Waals surface area contributed by atoms with Crippen molar-refractivity contribution in [2.24, 2.45) is 28.3 Å².